The van der Waals surface area contributed by atoms with Crippen LogP contribution in [-0.4, -0.2) is 116 Å². The van der Waals surface area contributed by atoms with E-state index in [2.05, 4.69) is 57.0 Å². The van der Waals surface area contributed by atoms with E-state index in [9.17, 15) is 43.5 Å². The van der Waals surface area contributed by atoms with E-state index in [-0.39, 0.29) is 40.8 Å². The summed E-state index contributed by atoms with van der Waals surface area (Å²) in [5.41, 5.74) is 1.67. The normalized spacial score (nSPS) is 16.8. The first-order chi connectivity index (χ1) is 32.8. The van der Waals surface area contributed by atoms with Crippen molar-refractivity contribution in [2.75, 3.05) is 44.5 Å². The van der Waals surface area contributed by atoms with Crippen LogP contribution in [0.25, 0.3) is 0 Å². The van der Waals surface area contributed by atoms with Gasteiger partial charge < -0.3 is 28.1 Å². The summed E-state index contributed by atoms with van der Waals surface area (Å²) in [7, 11) is -10.0. The lowest BCUT2D eigenvalue weighted by Crippen LogP contribution is -2.42. The lowest BCUT2D eigenvalue weighted by molar-refractivity contribution is -0.134. The molecule has 0 amide bonds. The fourth-order valence-electron chi connectivity index (χ4n) is 7.75. The van der Waals surface area contributed by atoms with Crippen LogP contribution < -0.4 is 0 Å². The van der Waals surface area contributed by atoms with Gasteiger partial charge in [0.25, 0.3) is 0 Å². The van der Waals surface area contributed by atoms with Gasteiger partial charge in [0.1, 0.15) is 17.3 Å². The molecule has 15 nitrogen and oxygen atoms in total. The predicted octanol–water partition coefficient (Wildman–Crippen LogP) is 10.2. The van der Waals surface area contributed by atoms with Gasteiger partial charge in [-0.15, -0.1) is 0 Å². The summed E-state index contributed by atoms with van der Waals surface area (Å²) in [5.74, 6) is 1.97. The van der Waals surface area contributed by atoms with E-state index in [1.54, 1.807) is 19.9 Å². The third-order valence-corrected chi connectivity index (χ3v) is 22.6. The fourth-order valence-corrected chi connectivity index (χ4v) is 13.2. The van der Waals surface area contributed by atoms with Crippen molar-refractivity contribution in [3.8, 4) is 0 Å². The largest absolute Gasteiger partial charge is 0.395 e. The number of nitrogens with zero attached hydrogens (tertiary/aromatic N) is 3. The monoisotopic (exact) mass is 1090 g/mol. The van der Waals surface area contributed by atoms with Crippen LogP contribution in [0.1, 0.15) is 189 Å². The zero-order chi connectivity index (χ0) is 54.8. The van der Waals surface area contributed by atoms with Gasteiger partial charge in [-0.1, -0.05) is 70.9 Å². The first-order valence-electron chi connectivity index (χ1n) is 25.1. The van der Waals surface area contributed by atoms with Crippen molar-refractivity contribution in [1.29, 1.82) is 0 Å². The second-order valence-corrected chi connectivity index (χ2v) is 32.4. The molecule has 5 heterocycles. The summed E-state index contributed by atoms with van der Waals surface area (Å²) in [6, 6.07) is 5.56. The van der Waals surface area contributed by atoms with E-state index < -0.39 is 73.9 Å². The minimum absolute atomic E-state index is 0.0631. The Morgan fingerprint density at radius 2 is 0.917 bits per heavy atom. The van der Waals surface area contributed by atoms with E-state index in [1.165, 1.54) is 13.8 Å². The van der Waals surface area contributed by atoms with Crippen LogP contribution in [0.5, 0.6) is 0 Å². The van der Waals surface area contributed by atoms with E-state index in [4.69, 9.17) is 23.0 Å². The Bertz CT molecular complexity index is 2460. The molecule has 5 rings (SSSR count). The summed E-state index contributed by atoms with van der Waals surface area (Å²) in [4.78, 5) is 0. The molecule has 0 unspecified atom stereocenters. The molecule has 2 fully saturated rings. The molecule has 2 aliphatic heterocycles. The maximum atomic E-state index is 12.9. The van der Waals surface area contributed by atoms with Gasteiger partial charge in [-0.2, -0.15) is 13.2 Å². The summed E-state index contributed by atoms with van der Waals surface area (Å²) in [6.45, 7) is 28.7. The van der Waals surface area contributed by atoms with Gasteiger partial charge in [0.05, 0.1) is 54.7 Å². The second kappa shape index (κ2) is 24.9. The fraction of sp³-hybridized carbons (Fsp3) is 0.824. The highest BCUT2D eigenvalue weighted by atomic mass is 32.2. The number of aliphatic hydroxyl groups is 1. The number of sulfone groups is 3. The zero-order valence-electron chi connectivity index (χ0n) is 45.5. The molecule has 0 saturated carbocycles. The number of rotatable bonds is 20. The van der Waals surface area contributed by atoms with Gasteiger partial charge >= 0.3 is 6.18 Å². The summed E-state index contributed by atoms with van der Waals surface area (Å²) >= 11 is 0. The van der Waals surface area contributed by atoms with E-state index in [0.29, 0.717) is 82.8 Å². The maximum Gasteiger partial charge on any atom is 0.389 e. The number of hydrogen-bond donors (Lipinski definition) is 1. The van der Waals surface area contributed by atoms with Gasteiger partial charge in [0.2, 0.25) is 0 Å². The van der Waals surface area contributed by atoms with Gasteiger partial charge in [-0.25, -0.2) is 25.3 Å². The predicted molar refractivity (Wildman–Crippen MR) is 273 cm³/mol. The van der Waals surface area contributed by atoms with Crippen molar-refractivity contribution >= 4 is 29.5 Å². The molecule has 0 aromatic carbocycles. The molecule has 416 valence electrons. The lowest BCUT2D eigenvalue weighted by atomic mass is 9.90. The van der Waals surface area contributed by atoms with Crippen molar-refractivity contribution < 1.29 is 66.6 Å². The smallest absolute Gasteiger partial charge is 0.389 e. The van der Waals surface area contributed by atoms with Gasteiger partial charge in [0, 0.05) is 86.6 Å². The summed E-state index contributed by atoms with van der Waals surface area (Å²) in [5, 5.41) is 21.1. The standard InChI is InChI=1S/C18H31NO4S.C17H29NO4S.C16H26F3NO4S/c1-17(2,3)16-12-15(23-19-16)6-9-18(4,5)24(20,21)13-14-7-10-22-11-8-14;1-16(2,3)15-12-13(22-18-15)6-9-17(4,5)23(19,20)14-7-10-21-11-8-14;1-14(2,11-21)13-10-12(24-20-13)6-8-15(3,4)25(22,23)9-5-7-16(17,18)19/h12,14H,6-11,13H2,1-5H3;12,14H,6-11H2,1-5H3;10,21H,5-9,11H2,1-4H3. The van der Waals surface area contributed by atoms with Crippen molar-refractivity contribution in [1.82, 2.24) is 15.5 Å². The molecule has 0 aliphatic carbocycles. The summed E-state index contributed by atoms with van der Waals surface area (Å²) in [6.07, 6.45) is -0.283. The first kappa shape index (κ1) is 63.4. The first-order valence-corrected chi connectivity index (χ1v) is 30.0. The molecular formula is C51H86F3N3O12S3. The number of hydrogen-bond acceptors (Lipinski definition) is 15. The number of aryl methyl sites for hydroxylation is 3. The van der Waals surface area contributed by atoms with Crippen LogP contribution in [0, 0.1) is 5.92 Å². The lowest BCUT2D eigenvalue weighted by Gasteiger charge is -2.32. The number of aromatic nitrogens is 3. The van der Waals surface area contributed by atoms with Gasteiger partial charge in [-0.05, 0) is 98.8 Å². The molecule has 0 atom stereocenters. The summed E-state index contributed by atoms with van der Waals surface area (Å²) < 4.78 is 136. The van der Waals surface area contributed by atoms with Gasteiger partial charge in [-0.3, -0.25) is 0 Å². The molecule has 1 N–H and O–H groups in total. The Balaban J connectivity index is 0.000000285. The SMILES string of the molecule is CC(C)(C)c1cc(CCC(C)(C)S(=O)(=O)C2CCOCC2)on1.CC(C)(C)c1cc(CCC(C)(C)S(=O)(=O)CC2CCOCC2)on1.CC(C)(CO)c1cc(CCC(C)(C)S(=O)(=O)CCCC(F)(F)F)on1. The molecular weight excluding hydrogens is 1000 g/mol. The number of ether oxygens (including phenoxy) is 2. The topological polar surface area (TPSA) is 219 Å². The Labute approximate surface area is 428 Å². The molecule has 2 aliphatic rings. The van der Waals surface area contributed by atoms with Crippen LogP contribution in [0.15, 0.2) is 31.8 Å². The Kier molecular flexibility index (Phi) is 21.9. The molecule has 3 aromatic rings. The molecule has 0 bridgehead atoms. The number of halogens is 3. The Hall–Kier alpha value is -2.85. The van der Waals surface area contributed by atoms with Crippen molar-refractivity contribution in [3.05, 3.63) is 52.6 Å². The highest BCUT2D eigenvalue weighted by Gasteiger charge is 2.42. The van der Waals surface area contributed by atoms with E-state index in [0.717, 1.165) is 35.7 Å². The highest BCUT2D eigenvalue weighted by Crippen LogP contribution is 2.34. The van der Waals surface area contributed by atoms with Crippen LogP contribution in [0.3, 0.4) is 0 Å². The molecule has 21 heteroatoms. The maximum absolute atomic E-state index is 12.9. The molecule has 3 aromatic heterocycles. The van der Waals surface area contributed by atoms with Crippen LogP contribution in [0.4, 0.5) is 13.2 Å². The Morgan fingerprint density at radius 1 is 0.542 bits per heavy atom. The average Bonchev–Trinajstić information content (AvgIpc) is 4.07. The quantitative estimate of drug-likeness (QED) is 0.111. The third-order valence-electron chi connectivity index (χ3n) is 14.0. The third kappa shape index (κ3) is 18.8. The van der Waals surface area contributed by atoms with Crippen LogP contribution in [0.2, 0.25) is 0 Å². The van der Waals surface area contributed by atoms with Crippen LogP contribution >= 0.6 is 0 Å². The number of aliphatic hydroxyl groups excluding tert-OH is 1. The van der Waals surface area contributed by atoms with Crippen LogP contribution in [-0.2, 0) is 74.5 Å². The second-order valence-electron chi connectivity index (χ2n) is 24.1. The van der Waals surface area contributed by atoms with Crippen molar-refractivity contribution in [2.45, 2.75) is 216 Å². The highest BCUT2D eigenvalue weighted by molar-refractivity contribution is 7.93. The minimum Gasteiger partial charge on any atom is -0.395 e. The Morgan fingerprint density at radius 3 is 1.31 bits per heavy atom. The molecule has 2 saturated heterocycles. The zero-order valence-corrected chi connectivity index (χ0v) is 47.9. The molecule has 0 radical (unpaired) electrons. The number of alkyl halides is 3. The van der Waals surface area contributed by atoms with Crippen molar-refractivity contribution in [3.63, 3.8) is 0 Å². The minimum atomic E-state index is -4.35. The molecule has 72 heavy (non-hydrogen) atoms. The van der Waals surface area contributed by atoms with E-state index >= 15 is 0 Å². The molecule has 0 spiro atoms. The van der Waals surface area contributed by atoms with Crippen molar-refractivity contribution in [2.24, 2.45) is 5.92 Å². The van der Waals surface area contributed by atoms with Gasteiger partial charge in [0.15, 0.2) is 29.5 Å². The van der Waals surface area contributed by atoms with E-state index in [1.807, 2.05) is 39.8 Å². The average molecular weight is 1090 g/mol.